The van der Waals surface area contributed by atoms with Crippen LogP contribution in [-0.4, -0.2) is 25.4 Å². The Bertz CT molecular complexity index is 971. The number of carbonyl (C=O) groups is 1. The fraction of sp³-hybridized carbons (Fsp3) is 0.0588. The van der Waals surface area contributed by atoms with Crippen molar-refractivity contribution in [1.82, 2.24) is 9.38 Å². The number of nitro groups is 1. The van der Waals surface area contributed by atoms with E-state index in [2.05, 4.69) is 4.98 Å². The van der Waals surface area contributed by atoms with Crippen LogP contribution in [0.4, 0.5) is 5.69 Å². The standard InChI is InChI=1S/C17H13N3O4/c1-11-2-8-15-18-17(12-3-5-13(6-4-12)20(23)24)14(19(15)10-11)7-9-16(21)22/h2-10H,1H3,(H,21,22)/b9-7+. The maximum Gasteiger partial charge on any atom is 0.328 e. The molecule has 0 saturated heterocycles. The summed E-state index contributed by atoms with van der Waals surface area (Å²) in [4.78, 5) is 25.7. The number of pyridine rings is 1. The van der Waals surface area contributed by atoms with E-state index in [1.54, 1.807) is 16.5 Å². The first-order valence-corrected chi connectivity index (χ1v) is 7.10. The van der Waals surface area contributed by atoms with Crippen LogP contribution in [0.25, 0.3) is 23.0 Å². The highest BCUT2D eigenvalue weighted by Gasteiger charge is 2.14. The zero-order chi connectivity index (χ0) is 17.3. The van der Waals surface area contributed by atoms with Crippen LogP contribution in [0.1, 0.15) is 11.3 Å². The zero-order valence-corrected chi connectivity index (χ0v) is 12.7. The summed E-state index contributed by atoms with van der Waals surface area (Å²) in [6, 6.07) is 9.75. The molecule has 0 atom stereocenters. The third-order valence-corrected chi connectivity index (χ3v) is 3.54. The lowest BCUT2D eigenvalue weighted by Gasteiger charge is -2.01. The zero-order valence-electron chi connectivity index (χ0n) is 12.7. The van der Waals surface area contributed by atoms with E-state index in [1.807, 2.05) is 25.3 Å². The number of nitrogens with zero attached hydrogens (tertiary/aromatic N) is 3. The van der Waals surface area contributed by atoms with Crippen LogP contribution in [0.2, 0.25) is 0 Å². The Balaban J connectivity index is 2.20. The highest BCUT2D eigenvalue weighted by atomic mass is 16.6. The number of aryl methyl sites for hydroxylation is 1. The second-order valence-corrected chi connectivity index (χ2v) is 5.26. The Morgan fingerprint density at radius 2 is 1.96 bits per heavy atom. The van der Waals surface area contributed by atoms with Crippen LogP contribution >= 0.6 is 0 Å². The molecular weight excluding hydrogens is 310 g/mol. The molecule has 2 aromatic heterocycles. The van der Waals surface area contributed by atoms with E-state index in [0.29, 0.717) is 22.6 Å². The molecule has 2 heterocycles. The second-order valence-electron chi connectivity index (χ2n) is 5.26. The summed E-state index contributed by atoms with van der Waals surface area (Å²) in [5.41, 5.74) is 3.49. The van der Waals surface area contributed by atoms with Gasteiger partial charge in [0.2, 0.25) is 0 Å². The molecule has 0 radical (unpaired) electrons. The quantitative estimate of drug-likeness (QED) is 0.451. The summed E-state index contributed by atoms with van der Waals surface area (Å²) in [7, 11) is 0. The van der Waals surface area contributed by atoms with Crippen molar-refractivity contribution in [2.24, 2.45) is 0 Å². The van der Waals surface area contributed by atoms with Gasteiger partial charge < -0.3 is 5.11 Å². The van der Waals surface area contributed by atoms with Gasteiger partial charge >= 0.3 is 5.97 Å². The minimum absolute atomic E-state index is 0.0130. The number of imidazole rings is 1. The van der Waals surface area contributed by atoms with Gasteiger partial charge in [0.15, 0.2) is 0 Å². The molecule has 0 spiro atoms. The summed E-state index contributed by atoms with van der Waals surface area (Å²) >= 11 is 0. The van der Waals surface area contributed by atoms with Crippen LogP contribution in [0, 0.1) is 17.0 Å². The van der Waals surface area contributed by atoms with E-state index in [0.717, 1.165) is 11.6 Å². The van der Waals surface area contributed by atoms with Gasteiger partial charge in [0.05, 0.1) is 16.3 Å². The van der Waals surface area contributed by atoms with Crippen molar-refractivity contribution in [2.45, 2.75) is 6.92 Å². The largest absolute Gasteiger partial charge is 0.478 e. The monoisotopic (exact) mass is 323 g/mol. The Morgan fingerprint density at radius 1 is 1.25 bits per heavy atom. The van der Waals surface area contributed by atoms with Crippen molar-refractivity contribution < 1.29 is 14.8 Å². The summed E-state index contributed by atoms with van der Waals surface area (Å²) in [6.45, 7) is 1.93. The smallest absolute Gasteiger partial charge is 0.328 e. The normalized spacial score (nSPS) is 11.2. The number of aliphatic carboxylic acids is 1. The molecule has 0 amide bonds. The predicted molar refractivity (Wildman–Crippen MR) is 88.7 cm³/mol. The average molecular weight is 323 g/mol. The maximum atomic E-state index is 10.9. The minimum Gasteiger partial charge on any atom is -0.478 e. The number of rotatable bonds is 4. The van der Waals surface area contributed by atoms with E-state index < -0.39 is 10.9 Å². The van der Waals surface area contributed by atoms with Gasteiger partial charge in [-0.1, -0.05) is 6.07 Å². The van der Waals surface area contributed by atoms with Gasteiger partial charge in [-0.3, -0.25) is 14.5 Å². The fourth-order valence-electron chi connectivity index (χ4n) is 2.43. The van der Waals surface area contributed by atoms with Crippen molar-refractivity contribution in [3.8, 4) is 11.3 Å². The van der Waals surface area contributed by atoms with Crippen LogP contribution < -0.4 is 0 Å². The Hall–Kier alpha value is -3.48. The van der Waals surface area contributed by atoms with Crippen LogP contribution in [0.3, 0.4) is 0 Å². The number of hydrogen-bond acceptors (Lipinski definition) is 4. The molecule has 0 saturated carbocycles. The molecule has 1 aromatic carbocycles. The Kier molecular flexibility index (Phi) is 3.83. The number of non-ortho nitro benzene ring substituents is 1. The number of fused-ring (bicyclic) bond motifs is 1. The summed E-state index contributed by atoms with van der Waals surface area (Å²) in [5, 5.41) is 19.7. The predicted octanol–water partition coefficient (Wildman–Crippen LogP) is 3.32. The number of carboxylic acid groups (broad SMARTS) is 1. The van der Waals surface area contributed by atoms with Gasteiger partial charge in [0.1, 0.15) is 5.65 Å². The molecule has 0 fully saturated rings. The van der Waals surface area contributed by atoms with Gasteiger partial charge in [0, 0.05) is 30.0 Å². The van der Waals surface area contributed by atoms with Gasteiger partial charge in [-0.25, -0.2) is 9.78 Å². The average Bonchev–Trinajstić information content (AvgIpc) is 2.90. The molecule has 7 heteroatoms. The number of benzene rings is 1. The van der Waals surface area contributed by atoms with Crippen molar-refractivity contribution in [2.75, 3.05) is 0 Å². The lowest BCUT2D eigenvalue weighted by Crippen LogP contribution is -1.92. The van der Waals surface area contributed by atoms with Gasteiger partial charge in [-0.05, 0) is 36.8 Å². The topological polar surface area (TPSA) is 97.7 Å². The van der Waals surface area contributed by atoms with Crippen molar-refractivity contribution in [3.05, 3.63) is 70.0 Å². The SMILES string of the molecule is Cc1ccc2nc(-c3ccc([N+](=O)[O-])cc3)c(/C=C/C(=O)O)n2c1. The Labute approximate surface area is 136 Å². The first-order valence-electron chi connectivity index (χ1n) is 7.10. The van der Waals surface area contributed by atoms with Gasteiger partial charge in [-0.2, -0.15) is 0 Å². The molecule has 0 aliphatic rings. The Morgan fingerprint density at radius 3 is 2.58 bits per heavy atom. The molecule has 0 aliphatic heterocycles. The van der Waals surface area contributed by atoms with Crippen molar-refractivity contribution >= 4 is 23.4 Å². The lowest BCUT2D eigenvalue weighted by molar-refractivity contribution is -0.384. The first kappa shape index (κ1) is 15.4. The summed E-state index contributed by atoms with van der Waals surface area (Å²) < 4.78 is 1.80. The molecule has 0 unspecified atom stereocenters. The highest BCUT2D eigenvalue weighted by molar-refractivity contribution is 5.87. The fourth-order valence-corrected chi connectivity index (χ4v) is 2.43. The highest BCUT2D eigenvalue weighted by Crippen LogP contribution is 2.27. The first-order chi connectivity index (χ1) is 11.5. The third-order valence-electron chi connectivity index (χ3n) is 3.54. The van der Waals surface area contributed by atoms with E-state index in [9.17, 15) is 14.9 Å². The molecule has 3 aromatic rings. The molecule has 1 N–H and O–H groups in total. The van der Waals surface area contributed by atoms with Crippen LogP contribution in [-0.2, 0) is 4.79 Å². The molecule has 120 valence electrons. The second kappa shape index (κ2) is 5.96. The number of aromatic nitrogens is 2. The molecule has 0 bridgehead atoms. The number of hydrogen-bond donors (Lipinski definition) is 1. The molecule has 3 rings (SSSR count). The third kappa shape index (κ3) is 2.87. The minimum atomic E-state index is -1.06. The number of nitro benzene ring substituents is 1. The van der Waals surface area contributed by atoms with E-state index in [4.69, 9.17) is 5.11 Å². The van der Waals surface area contributed by atoms with Gasteiger partial charge in [0.25, 0.3) is 5.69 Å². The molecule has 24 heavy (non-hydrogen) atoms. The van der Waals surface area contributed by atoms with Crippen LogP contribution in [0.15, 0.2) is 48.7 Å². The summed E-state index contributed by atoms with van der Waals surface area (Å²) in [6.07, 6.45) is 4.37. The van der Waals surface area contributed by atoms with E-state index in [-0.39, 0.29) is 5.69 Å². The van der Waals surface area contributed by atoms with Crippen LogP contribution in [0.5, 0.6) is 0 Å². The van der Waals surface area contributed by atoms with E-state index in [1.165, 1.54) is 18.2 Å². The van der Waals surface area contributed by atoms with Crippen molar-refractivity contribution in [1.29, 1.82) is 0 Å². The summed E-state index contributed by atoms with van der Waals surface area (Å²) in [5.74, 6) is -1.06. The lowest BCUT2D eigenvalue weighted by atomic mass is 10.1. The van der Waals surface area contributed by atoms with Gasteiger partial charge in [-0.15, -0.1) is 0 Å². The maximum absolute atomic E-state index is 10.9. The molecule has 0 aliphatic carbocycles. The van der Waals surface area contributed by atoms with Crippen molar-refractivity contribution in [3.63, 3.8) is 0 Å². The number of carboxylic acids is 1. The molecule has 7 nitrogen and oxygen atoms in total. The van der Waals surface area contributed by atoms with E-state index >= 15 is 0 Å². The molecular formula is C17H13N3O4.